The van der Waals surface area contributed by atoms with Crippen LogP contribution in [0.3, 0.4) is 0 Å². The highest BCUT2D eigenvalue weighted by Crippen LogP contribution is 2.39. The van der Waals surface area contributed by atoms with Crippen LogP contribution in [0.5, 0.6) is 5.75 Å². The fourth-order valence-electron chi connectivity index (χ4n) is 3.00. The summed E-state index contributed by atoms with van der Waals surface area (Å²) in [7, 11) is 0. The number of halogens is 1. The van der Waals surface area contributed by atoms with Crippen molar-refractivity contribution in [2.24, 2.45) is 0 Å². The Hall–Kier alpha value is -3.45. The van der Waals surface area contributed by atoms with E-state index in [-0.39, 0.29) is 24.1 Å². The maximum Gasteiger partial charge on any atom is 0.366 e. The van der Waals surface area contributed by atoms with Crippen LogP contribution in [0.25, 0.3) is 0 Å². The lowest BCUT2D eigenvalue weighted by atomic mass is 10.1. The third-order valence-corrected chi connectivity index (χ3v) is 4.61. The number of nitro groups is 1. The van der Waals surface area contributed by atoms with E-state index in [1.165, 1.54) is 17.0 Å². The smallest absolute Gasteiger partial charge is 0.366 e. The van der Waals surface area contributed by atoms with Crippen LogP contribution >= 0.6 is 11.6 Å². The van der Waals surface area contributed by atoms with E-state index in [2.05, 4.69) is 4.98 Å². The Balaban J connectivity index is 1.78. The van der Waals surface area contributed by atoms with Gasteiger partial charge < -0.3 is 14.9 Å². The van der Waals surface area contributed by atoms with Crippen molar-refractivity contribution in [1.29, 1.82) is 0 Å². The average molecular weight is 396 g/mol. The van der Waals surface area contributed by atoms with E-state index < -0.39 is 11.0 Å². The molecule has 4 rings (SSSR count). The molecule has 7 nitrogen and oxygen atoms in total. The number of fused-ring (bicyclic) bond motifs is 1. The second kappa shape index (κ2) is 7.28. The topological polar surface area (TPSA) is 85.6 Å². The highest BCUT2D eigenvalue weighted by Gasteiger charge is 2.39. The highest BCUT2D eigenvalue weighted by atomic mass is 35.5. The van der Waals surface area contributed by atoms with Gasteiger partial charge in [0.2, 0.25) is 6.10 Å². The van der Waals surface area contributed by atoms with Crippen LogP contribution in [0.15, 0.2) is 66.7 Å². The molecule has 2 aromatic carbocycles. The Kier molecular flexibility index (Phi) is 4.67. The Bertz CT molecular complexity index is 1040. The minimum Gasteiger partial charge on any atom is -0.469 e. The molecule has 0 bridgehead atoms. The van der Waals surface area contributed by atoms with Crippen molar-refractivity contribution in [3.8, 4) is 5.75 Å². The molecule has 0 saturated carbocycles. The predicted octanol–water partition coefficient (Wildman–Crippen LogP) is 4.31. The predicted molar refractivity (Wildman–Crippen MR) is 103 cm³/mol. The molecule has 3 aromatic rings. The second-order valence-electron chi connectivity index (χ2n) is 6.21. The standard InChI is InChI=1S/C20H14ClN3O4/c21-15-8-6-13(7-9-15)12-23-19-16(10-11-17(22-19)24(26)27)28-18(20(23)25)14-4-2-1-3-5-14/h1-11,18H,12H2. The van der Waals surface area contributed by atoms with Gasteiger partial charge in [-0.15, -0.1) is 0 Å². The molecule has 1 atom stereocenters. The summed E-state index contributed by atoms with van der Waals surface area (Å²) in [4.78, 5) is 29.2. The summed E-state index contributed by atoms with van der Waals surface area (Å²) in [5.74, 6) is -0.259. The van der Waals surface area contributed by atoms with Crippen molar-refractivity contribution in [1.82, 2.24) is 4.98 Å². The van der Waals surface area contributed by atoms with Gasteiger partial charge in [-0.1, -0.05) is 54.1 Å². The average Bonchev–Trinajstić information content (AvgIpc) is 2.71. The van der Waals surface area contributed by atoms with Gasteiger partial charge in [-0.3, -0.25) is 9.69 Å². The van der Waals surface area contributed by atoms with Crippen LogP contribution in [0.4, 0.5) is 11.6 Å². The van der Waals surface area contributed by atoms with E-state index in [0.29, 0.717) is 16.3 Å². The van der Waals surface area contributed by atoms with E-state index in [9.17, 15) is 14.9 Å². The fraction of sp³-hybridized carbons (Fsp3) is 0.100. The molecular weight excluding hydrogens is 382 g/mol. The van der Waals surface area contributed by atoms with Crippen molar-refractivity contribution in [2.75, 3.05) is 4.90 Å². The monoisotopic (exact) mass is 395 g/mol. The maximum atomic E-state index is 13.2. The molecule has 0 spiro atoms. The zero-order valence-corrected chi connectivity index (χ0v) is 15.2. The van der Waals surface area contributed by atoms with Crippen LogP contribution in [0.1, 0.15) is 17.2 Å². The van der Waals surface area contributed by atoms with Gasteiger partial charge in [0.25, 0.3) is 11.7 Å². The summed E-state index contributed by atoms with van der Waals surface area (Å²) in [6, 6.07) is 18.8. The lowest BCUT2D eigenvalue weighted by Crippen LogP contribution is -2.41. The van der Waals surface area contributed by atoms with Gasteiger partial charge in [0.1, 0.15) is 0 Å². The summed E-state index contributed by atoms with van der Waals surface area (Å²) in [5.41, 5.74) is 1.50. The molecule has 1 aliphatic rings. The van der Waals surface area contributed by atoms with Crippen LogP contribution in [-0.4, -0.2) is 15.8 Å². The molecule has 28 heavy (non-hydrogen) atoms. The van der Waals surface area contributed by atoms with E-state index in [1.807, 2.05) is 18.2 Å². The molecule has 0 radical (unpaired) electrons. The van der Waals surface area contributed by atoms with Crippen molar-refractivity contribution in [3.63, 3.8) is 0 Å². The molecule has 1 amide bonds. The summed E-state index contributed by atoms with van der Waals surface area (Å²) < 4.78 is 5.85. The molecule has 140 valence electrons. The molecule has 0 fully saturated rings. The zero-order valence-electron chi connectivity index (χ0n) is 14.5. The second-order valence-corrected chi connectivity index (χ2v) is 6.64. The number of ether oxygens (including phenoxy) is 1. The molecule has 0 saturated heterocycles. The number of hydrogen-bond acceptors (Lipinski definition) is 5. The number of benzene rings is 2. The first kappa shape index (κ1) is 17.9. The first-order valence-electron chi connectivity index (χ1n) is 8.46. The van der Waals surface area contributed by atoms with E-state index in [0.717, 1.165) is 5.56 Å². The van der Waals surface area contributed by atoms with Gasteiger partial charge in [-0.25, -0.2) is 0 Å². The number of carbonyl (C=O) groups excluding carboxylic acids is 1. The minimum atomic E-state index is -0.857. The first-order valence-corrected chi connectivity index (χ1v) is 8.83. The van der Waals surface area contributed by atoms with E-state index in [4.69, 9.17) is 16.3 Å². The number of pyridine rings is 1. The third kappa shape index (κ3) is 3.39. The first-order chi connectivity index (χ1) is 13.5. The van der Waals surface area contributed by atoms with E-state index in [1.54, 1.807) is 36.4 Å². The van der Waals surface area contributed by atoms with Crippen LogP contribution in [-0.2, 0) is 11.3 Å². The van der Waals surface area contributed by atoms with Gasteiger partial charge in [0.05, 0.1) is 6.54 Å². The molecule has 1 unspecified atom stereocenters. The number of amides is 1. The summed E-state index contributed by atoms with van der Waals surface area (Å²) in [6.45, 7) is 0.184. The van der Waals surface area contributed by atoms with Gasteiger partial charge in [-0.05, 0) is 33.7 Å². The Morgan fingerprint density at radius 2 is 1.79 bits per heavy atom. The molecule has 1 aliphatic heterocycles. The van der Waals surface area contributed by atoms with Gasteiger partial charge in [-0.2, -0.15) is 0 Å². The Morgan fingerprint density at radius 3 is 2.46 bits per heavy atom. The SMILES string of the molecule is O=C1C(c2ccccc2)Oc2ccc([N+](=O)[O-])nc2N1Cc1ccc(Cl)cc1. The Labute approximate surface area is 165 Å². The number of rotatable bonds is 4. The van der Waals surface area contributed by atoms with Gasteiger partial charge >= 0.3 is 5.82 Å². The van der Waals surface area contributed by atoms with Crippen molar-refractivity contribution in [3.05, 3.63) is 93.0 Å². The number of hydrogen-bond donors (Lipinski definition) is 0. The molecule has 2 heterocycles. The molecule has 1 aromatic heterocycles. The summed E-state index contributed by atoms with van der Waals surface area (Å²) in [5, 5.41) is 11.7. The van der Waals surface area contributed by atoms with Crippen molar-refractivity contribution < 1.29 is 14.5 Å². The molecule has 0 aliphatic carbocycles. The maximum absolute atomic E-state index is 13.2. The molecule has 8 heteroatoms. The summed E-state index contributed by atoms with van der Waals surface area (Å²) >= 11 is 5.94. The highest BCUT2D eigenvalue weighted by molar-refractivity contribution is 6.30. The lowest BCUT2D eigenvalue weighted by molar-refractivity contribution is -0.389. The van der Waals surface area contributed by atoms with Gasteiger partial charge in [0, 0.05) is 16.7 Å². The zero-order chi connectivity index (χ0) is 19.7. The largest absolute Gasteiger partial charge is 0.469 e. The van der Waals surface area contributed by atoms with Crippen molar-refractivity contribution >= 4 is 29.1 Å². The van der Waals surface area contributed by atoms with Crippen LogP contribution < -0.4 is 9.64 Å². The molecular formula is C20H14ClN3O4. The Morgan fingerprint density at radius 1 is 1.07 bits per heavy atom. The van der Waals surface area contributed by atoms with Crippen molar-refractivity contribution in [2.45, 2.75) is 12.6 Å². The number of carbonyl (C=O) groups is 1. The van der Waals surface area contributed by atoms with E-state index >= 15 is 0 Å². The fourth-order valence-corrected chi connectivity index (χ4v) is 3.13. The van der Waals surface area contributed by atoms with Crippen LogP contribution in [0, 0.1) is 10.1 Å². The number of aromatic nitrogens is 1. The lowest BCUT2D eigenvalue weighted by Gasteiger charge is -2.31. The number of nitrogens with zero attached hydrogens (tertiary/aromatic N) is 3. The van der Waals surface area contributed by atoms with Gasteiger partial charge in [0.15, 0.2) is 5.75 Å². The number of anilines is 1. The van der Waals surface area contributed by atoms with Crippen LogP contribution in [0.2, 0.25) is 5.02 Å². The normalized spacial score (nSPS) is 15.7. The quantitative estimate of drug-likeness (QED) is 0.485. The minimum absolute atomic E-state index is 0.126. The third-order valence-electron chi connectivity index (χ3n) is 4.36. The summed E-state index contributed by atoms with van der Waals surface area (Å²) in [6.07, 6.45) is -0.857. The molecule has 0 N–H and O–H groups in total.